The van der Waals surface area contributed by atoms with Crippen LogP contribution in [0.1, 0.15) is 60.0 Å². The highest BCUT2D eigenvalue weighted by Crippen LogP contribution is 2.40. The quantitative estimate of drug-likeness (QED) is 0.273. The number of aliphatic hydroxyl groups excluding tert-OH is 3. The number of halogens is 1. The van der Waals surface area contributed by atoms with Gasteiger partial charge in [0.1, 0.15) is 4.88 Å². The summed E-state index contributed by atoms with van der Waals surface area (Å²) in [6, 6.07) is 3.75. The van der Waals surface area contributed by atoms with Crippen LogP contribution in [0, 0.1) is 11.8 Å². The number of esters is 1. The molecule has 6 atom stereocenters. The Morgan fingerprint density at radius 2 is 2.10 bits per heavy atom. The van der Waals surface area contributed by atoms with Crippen LogP contribution in [0.2, 0.25) is 0 Å². The molecule has 2 rings (SSSR count). The van der Waals surface area contributed by atoms with Crippen molar-refractivity contribution in [3.05, 3.63) is 34.0 Å². The number of ether oxygens (including phenoxy) is 1. The number of hydrogen-bond acceptors (Lipinski definition) is 6. The summed E-state index contributed by atoms with van der Waals surface area (Å²) in [6.45, 7) is 1.74. The minimum absolute atomic E-state index is 0.0575. The van der Waals surface area contributed by atoms with Gasteiger partial charge in [-0.2, -0.15) is 0 Å². The van der Waals surface area contributed by atoms with Crippen LogP contribution in [-0.4, -0.2) is 52.1 Å². The molecule has 1 aromatic rings. The number of aryl methyl sites for hydroxylation is 1. The summed E-state index contributed by atoms with van der Waals surface area (Å²) >= 11 is 7.96. The molecule has 0 bridgehead atoms. The molecule has 0 amide bonds. The highest BCUT2D eigenvalue weighted by Gasteiger charge is 2.39. The molecule has 29 heavy (non-hydrogen) atoms. The predicted octanol–water partition coefficient (Wildman–Crippen LogP) is 3.93. The molecule has 0 spiro atoms. The van der Waals surface area contributed by atoms with Crippen molar-refractivity contribution >= 4 is 28.9 Å². The Hall–Kier alpha value is -0.920. The molecule has 1 heterocycles. The second-order valence-corrected chi connectivity index (χ2v) is 9.67. The predicted molar refractivity (Wildman–Crippen MR) is 117 cm³/mol. The zero-order valence-corrected chi connectivity index (χ0v) is 18.7. The molecule has 7 heteroatoms. The number of thiophene rings is 1. The van der Waals surface area contributed by atoms with Gasteiger partial charge in [-0.05, 0) is 69.9 Å². The highest BCUT2D eigenvalue weighted by molar-refractivity contribution is 7.13. The highest BCUT2D eigenvalue weighted by atomic mass is 35.5. The lowest BCUT2D eigenvalue weighted by Gasteiger charge is -2.21. The summed E-state index contributed by atoms with van der Waals surface area (Å²) in [5.41, 5.74) is 0. The van der Waals surface area contributed by atoms with Gasteiger partial charge in [-0.25, -0.2) is 4.79 Å². The summed E-state index contributed by atoms with van der Waals surface area (Å²) in [5.74, 6) is -0.205. The SMILES string of the molecule is COC(=O)c1ccc(CCC[C@@H]2[C@@H](C=C[C@@H](O)CCC[C@@H](C)O)[C@H](O)C[C@H]2Cl)s1. The molecule has 0 radical (unpaired) electrons. The van der Waals surface area contributed by atoms with Crippen LogP contribution in [0.3, 0.4) is 0 Å². The van der Waals surface area contributed by atoms with E-state index in [-0.39, 0.29) is 29.3 Å². The molecule has 1 saturated carbocycles. The lowest BCUT2D eigenvalue weighted by Crippen LogP contribution is -2.19. The molecule has 164 valence electrons. The van der Waals surface area contributed by atoms with Gasteiger partial charge in [0.05, 0.1) is 25.4 Å². The molecule has 5 nitrogen and oxygen atoms in total. The summed E-state index contributed by atoms with van der Waals surface area (Å²) in [7, 11) is 1.38. The number of alkyl halides is 1. The van der Waals surface area contributed by atoms with Crippen LogP contribution < -0.4 is 0 Å². The molecule has 1 fully saturated rings. The van der Waals surface area contributed by atoms with E-state index in [4.69, 9.17) is 16.3 Å². The summed E-state index contributed by atoms with van der Waals surface area (Å²) in [5, 5.41) is 29.8. The van der Waals surface area contributed by atoms with Crippen molar-refractivity contribution < 1.29 is 24.9 Å². The Balaban J connectivity index is 1.84. The average molecular weight is 445 g/mol. The molecule has 1 aliphatic rings. The maximum absolute atomic E-state index is 11.6. The second kappa shape index (κ2) is 12.1. The molecular formula is C22H33ClO5S. The number of carbonyl (C=O) groups is 1. The molecule has 0 aromatic carbocycles. The van der Waals surface area contributed by atoms with Crippen LogP contribution in [0.15, 0.2) is 24.3 Å². The number of aliphatic hydroxyl groups is 3. The van der Waals surface area contributed by atoms with Crippen molar-refractivity contribution in [3.8, 4) is 0 Å². The summed E-state index contributed by atoms with van der Waals surface area (Å²) in [4.78, 5) is 13.3. The number of methoxy groups -OCH3 is 1. The first kappa shape index (κ1) is 24.4. The molecule has 3 N–H and O–H groups in total. The molecular weight excluding hydrogens is 412 g/mol. The van der Waals surface area contributed by atoms with Gasteiger partial charge in [0.15, 0.2) is 0 Å². The Kier molecular flexibility index (Phi) is 10.1. The Morgan fingerprint density at radius 1 is 1.34 bits per heavy atom. The van der Waals surface area contributed by atoms with Crippen LogP contribution in [0.25, 0.3) is 0 Å². The minimum atomic E-state index is -0.571. The Bertz CT molecular complexity index is 659. The van der Waals surface area contributed by atoms with Gasteiger partial charge in [-0.15, -0.1) is 22.9 Å². The third-order valence-electron chi connectivity index (χ3n) is 5.56. The number of hydrogen-bond donors (Lipinski definition) is 3. The fourth-order valence-corrected chi connectivity index (χ4v) is 5.39. The third-order valence-corrected chi connectivity index (χ3v) is 7.18. The van der Waals surface area contributed by atoms with E-state index in [9.17, 15) is 20.1 Å². The zero-order chi connectivity index (χ0) is 21.4. The number of rotatable bonds is 11. The minimum Gasteiger partial charge on any atom is -0.465 e. The van der Waals surface area contributed by atoms with E-state index in [0.717, 1.165) is 30.6 Å². The standard InChI is InChI=1S/C22H33ClO5S/c1-14(24)5-3-6-15(25)9-11-18-17(19(23)13-20(18)26)8-4-7-16-10-12-21(29-16)22(27)28-2/h9-12,14-15,17-20,24-26H,3-8,13H2,1-2H3/t14-,15+,17-,18-,19-,20-/m1/s1. The summed E-state index contributed by atoms with van der Waals surface area (Å²) in [6.07, 6.45) is 7.51. The van der Waals surface area contributed by atoms with Crippen LogP contribution >= 0.6 is 22.9 Å². The molecule has 1 aliphatic carbocycles. The Morgan fingerprint density at radius 3 is 2.79 bits per heavy atom. The van der Waals surface area contributed by atoms with Crippen molar-refractivity contribution in [2.24, 2.45) is 11.8 Å². The van der Waals surface area contributed by atoms with Gasteiger partial charge in [0, 0.05) is 16.2 Å². The number of carbonyl (C=O) groups excluding carboxylic acids is 1. The van der Waals surface area contributed by atoms with Crippen LogP contribution in [0.5, 0.6) is 0 Å². The van der Waals surface area contributed by atoms with E-state index in [2.05, 4.69) is 0 Å². The topological polar surface area (TPSA) is 87.0 Å². The first-order valence-corrected chi connectivity index (χ1v) is 11.6. The van der Waals surface area contributed by atoms with E-state index >= 15 is 0 Å². The van der Waals surface area contributed by atoms with Gasteiger partial charge >= 0.3 is 5.97 Å². The first-order valence-electron chi connectivity index (χ1n) is 10.4. The van der Waals surface area contributed by atoms with E-state index in [0.29, 0.717) is 24.1 Å². The van der Waals surface area contributed by atoms with Crippen LogP contribution in [0.4, 0.5) is 0 Å². The largest absolute Gasteiger partial charge is 0.465 e. The average Bonchev–Trinajstić information content (AvgIpc) is 3.24. The molecule has 0 unspecified atom stereocenters. The lowest BCUT2D eigenvalue weighted by molar-refractivity contribution is 0.0606. The van der Waals surface area contributed by atoms with Crippen molar-refractivity contribution in [2.45, 2.75) is 75.6 Å². The zero-order valence-electron chi connectivity index (χ0n) is 17.2. The van der Waals surface area contributed by atoms with Crippen molar-refractivity contribution in [2.75, 3.05) is 7.11 Å². The third kappa shape index (κ3) is 7.68. The molecule has 0 saturated heterocycles. The Labute approximate surface area is 182 Å². The van der Waals surface area contributed by atoms with Crippen molar-refractivity contribution in [3.63, 3.8) is 0 Å². The monoisotopic (exact) mass is 444 g/mol. The van der Waals surface area contributed by atoms with Gasteiger partial charge in [0.2, 0.25) is 0 Å². The van der Waals surface area contributed by atoms with Gasteiger partial charge in [-0.1, -0.05) is 12.2 Å². The molecule has 0 aliphatic heterocycles. The van der Waals surface area contributed by atoms with Gasteiger partial charge in [0.25, 0.3) is 0 Å². The maximum atomic E-state index is 11.6. The fourth-order valence-electron chi connectivity index (χ4n) is 3.94. The van der Waals surface area contributed by atoms with E-state index < -0.39 is 12.2 Å². The first-order chi connectivity index (χ1) is 13.8. The van der Waals surface area contributed by atoms with Crippen molar-refractivity contribution in [1.82, 2.24) is 0 Å². The van der Waals surface area contributed by atoms with Gasteiger partial charge < -0.3 is 20.1 Å². The van der Waals surface area contributed by atoms with E-state index in [1.54, 1.807) is 19.1 Å². The summed E-state index contributed by atoms with van der Waals surface area (Å²) < 4.78 is 4.74. The smallest absolute Gasteiger partial charge is 0.348 e. The normalized spacial score (nSPS) is 26.7. The van der Waals surface area contributed by atoms with E-state index in [1.165, 1.54) is 18.4 Å². The van der Waals surface area contributed by atoms with Gasteiger partial charge in [-0.3, -0.25) is 0 Å². The van der Waals surface area contributed by atoms with Crippen LogP contribution in [-0.2, 0) is 11.2 Å². The molecule has 1 aromatic heterocycles. The fraction of sp³-hybridized carbons (Fsp3) is 0.682. The van der Waals surface area contributed by atoms with E-state index in [1.807, 2.05) is 12.1 Å². The van der Waals surface area contributed by atoms with Crippen molar-refractivity contribution in [1.29, 1.82) is 0 Å². The maximum Gasteiger partial charge on any atom is 0.348 e. The lowest BCUT2D eigenvalue weighted by atomic mass is 9.89. The second-order valence-electron chi connectivity index (χ2n) is 7.94.